The Bertz CT molecular complexity index is 960. The third-order valence-electron chi connectivity index (χ3n) is 3.98. The van der Waals surface area contributed by atoms with Crippen LogP contribution in [0.1, 0.15) is 18.1 Å². The van der Waals surface area contributed by atoms with Crippen LogP contribution in [0, 0.1) is 6.92 Å². The Hall–Kier alpha value is -2.29. The molecule has 0 spiro atoms. The van der Waals surface area contributed by atoms with Crippen molar-refractivity contribution in [3.05, 3.63) is 51.9 Å². The molecule has 0 N–H and O–H groups in total. The molecule has 1 atom stereocenters. The molecule has 0 radical (unpaired) electrons. The third kappa shape index (κ3) is 5.12. The summed E-state index contributed by atoms with van der Waals surface area (Å²) in [6.07, 6.45) is -4.71. The Labute approximate surface area is 155 Å². The molecule has 0 saturated carbocycles. The minimum absolute atomic E-state index is 0.0581. The lowest BCUT2D eigenvalue weighted by molar-refractivity contribution is -0.0666. The standard InChI is InChI=1S/C18H20F3NO4S/c1-4-27(24,25)10-12-5-6-15(26-17(21)16(19)20)14(8-12)13-7-11(2)18(23)22(3)9-13/h5-9,16-17H,4,10H2,1-3H3. The number of aryl methyl sites for hydroxylation is 2. The summed E-state index contributed by atoms with van der Waals surface area (Å²) >= 11 is 0. The van der Waals surface area contributed by atoms with Gasteiger partial charge in [0.1, 0.15) is 5.75 Å². The molecule has 0 amide bonds. The van der Waals surface area contributed by atoms with Gasteiger partial charge in [-0.1, -0.05) is 13.0 Å². The van der Waals surface area contributed by atoms with Crippen molar-refractivity contribution in [2.45, 2.75) is 32.4 Å². The SMILES string of the molecule is CCS(=O)(=O)Cc1ccc(OC(F)C(F)F)c(-c2cc(C)c(=O)n(C)c2)c1. The van der Waals surface area contributed by atoms with E-state index in [1.807, 2.05) is 0 Å². The number of nitrogens with zero attached hydrogens (tertiary/aromatic N) is 1. The highest BCUT2D eigenvalue weighted by Crippen LogP contribution is 2.33. The predicted molar refractivity (Wildman–Crippen MR) is 96.5 cm³/mol. The van der Waals surface area contributed by atoms with Crippen LogP contribution in [0.4, 0.5) is 13.2 Å². The van der Waals surface area contributed by atoms with Crippen LogP contribution in [0.25, 0.3) is 11.1 Å². The summed E-state index contributed by atoms with van der Waals surface area (Å²) < 4.78 is 68.3. The molecule has 9 heteroatoms. The minimum atomic E-state index is -3.33. The normalized spacial score (nSPS) is 13.0. The van der Waals surface area contributed by atoms with E-state index in [2.05, 4.69) is 0 Å². The molecule has 1 heterocycles. The second-order valence-corrected chi connectivity index (χ2v) is 8.49. The quantitative estimate of drug-likeness (QED) is 0.712. The molecule has 2 rings (SSSR count). The highest BCUT2D eigenvalue weighted by atomic mass is 32.2. The molecule has 1 aromatic heterocycles. The van der Waals surface area contributed by atoms with Crippen molar-refractivity contribution in [3.8, 4) is 16.9 Å². The van der Waals surface area contributed by atoms with E-state index < -0.39 is 22.6 Å². The van der Waals surface area contributed by atoms with Gasteiger partial charge in [-0.05, 0) is 30.7 Å². The van der Waals surface area contributed by atoms with Crippen molar-refractivity contribution < 1.29 is 26.3 Å². The maximum atomic E-state index is 13.4. The molecular weight excluding hydrogens is 383 g/mol. The number of aromatic nitrogens is 1. The van der Waals surface area contributed by atoms with Crippen LogP contribution in [0.3, 0.4) is 0 Å². The van der Waals surface area contributed by atoms with Gasteiger partial charge >= 0.3 is 6.43 Å². The number of hydrogen-bond donors (Lipinski definition) is 0. The average Bonchev–Trinajstić information content (AvgIpc) is 2.60. The van der Waals surface area contributed by atoms with Crippen LogP contribution in [-0.4, -0.2) is 31.5 Å². The van der Waals surface area contributed by atoms with E-state index in [0.29, 0.717) is 16.7 Å². The predicted octanol–water partition coefficient (Wildman–Crippen LogP) is 3.23. The first-order chi connectivity index (χ1) is 12.5. The topological polar surface area (TPSA) is 65.4 Å². The summed E-state index contributed by atoms with van der Waals surface area (Å²) in [5.74, 6) is -0.481. The summed E-state index contributed by atoms with van der Waals surface area (Å²) in [6, 6.07) is 5.60. The summed E-state index contributed by atoms with van der Waals surface area (Å²) in [5, 5.41) is 0. The molecule has 0 saturated heterocycles. The number of halogens is 3. The van der Waals surface area contributed by atoms with Gasteiger partial charge in [0.15, 0.2) is 9.84 Å². The van der Waals surface area contributed by atoms with E-state index in [0.717, 1.165) is 0 Å². The molecule has 1 aromatic carbocycles. The van der Waals surface area contributed by atoms with Gasteiger partial charge in [-0.3, -0.25) is 4.79 Å². The molecule has 5 nitrogen and oxygen atoms in total. The average molecular weight is 403 g/mol. The number of sulfone groups is 1. The Kier molecular flexibility index (Phi) is 6.35. The Morgan fingerprint density at radius 2 is 1.85 bits per heavy atom. The monoisotopic (exact) mass is 403 g/mol. The number of pyridine rings is 1. The van der Waals surface area contributed by atoms with Crippen LogP contribution < -0.4 is 10.3 Å². The molecule has 0 bridgehead atoms. The van der Waals surface area contributed by atoms with E-state index in [1.54, 1.807) is 6.92 Å². The van der Waals surface area contributed by atoms with Crippen LogP contribution in [0.2, 0.25) is 0 Å². The van der Waals surface area contributed by atoms with Crippen LogP contribution in [0.15, 0.2) is 35.3 Å². The summed E-state index contributed by atoms with van der Waals surface area (Å²) in [7, 11) is -1.82. The van der Waals surface area contributed by atoms with Gasteiger partial charge in [0.2, 0.25) is 0 Å². The molecule has 0 aliphatic heterocycles. The summed E-state index contributed by atoms with van der Waals surface area (Å²) in [4.78, 5) is 11.9. The summed E-state index contributed by atoms with van der Waals surface area (Å²) in [5.41, 5.74) is 1.18. The first-order valence-corrected chi connectivity index (χ1v) is 9.96. The fourth-order valence-corrected chi connectivity index (χ4v) is 3.44. The van der Waals surface area contributed by atoms with E-state index >= 15 is 0 Å². The van der Waals surface area contributed by atoms with Crippen molar-refractivity contribution in [2.24, 2.45) is 7.05 Å². The zero-order valence-electron chi connectivity index (χ0n) is 15.1. The molecule has 0 fully saturated rings. The van der Waals surface area contributed by atoms with Crippen molar-refractivity contribution in [3.63, 3.8) is 0 Å². The Morgan fingerprint density at radius 1 is 1.19 bits per heavy atom. The highest BCUT2D eigenvalue weighted by molar-refractivity contribution is 7.90. The van der Waals surface area contributed by atoms with E-state index in [9.17, 15) is 26.4 Å². The van der Waals surface area contributed by atoms with Crippen LogP contribution in [0.5, 0.6) is 5.75 Å². The molecular formula is C18H20F3NO4S. The lowest BCUT2D eigenvalue weighted by Gasteiger charge is -2.16. The Morgan fingerprint density at radius 3 is 2.41 bits per heavy atom. The summed E-state index contributed by atoms with van der Waals surface area (Å²) in [6.45, 7) is 3.09. The van der Waals surface area contributed by atoms with E-state index in [1.165, 1.54) is 49.0 Å². The van der Waals surface area contributed by atoms with Gasteiger partial charge in [-0.15, -0.1) is 0 Å². The zero-order chi connectivity index (χ0) is 20.4. The number of alkyl halides is 3. The largest absolute Gasteiger partial charge is 0.454 e. The number of rotatable bonds is 7. The minimum Gasteiger partial charge on any atom is -0.454 e. The van der Waals surface area contributed by atoms with Gasteiger partial charge in [-0.2, -0.15) is 4.39 Å². The first kappa shape index (κ1) is 21.0. The van der Waals surface area contributed by atoms with Gasteiger partial charge < -0.3 is 9.30 Å². The number of hydrogen-bond acceptors (Lipinski definition) is 4. The fourth-order valence-electron chi connectivity index (χ4n) is 2.55. The molecule has 1 unspecified atom stereocenters. The fraction of sp³-hybridized carbons (Fsp3) is 0.389. The molecule has 27 heavy (non-hydrogen) atoms. The number of benzene rings is 1. The van der Waals surface area contributed by atoms with Crippen LogP contribution in [-0.2, 0) is 22.6 Å². The lowest BCUT2D eigenvalue weighted by atomic mass is 10.0. The second-order valence-electron chi connectivity index (χ2n) is 6.14. The van der Waals surface area contributed by atoms with Gasteiger partial charge in [0, 0.05) is 35.7 Å². The maximum absolute atomic E-state index is 13.4. The third-order valence-corrected chi connectivity index (χ3v) is 5.63. The van der Waals surface area contributed by atoms with Crippen molar-refractivity contribution >= 4 is 9.84 Å². The zero-order valence-corrected chi connectivity index (χ0v) is 15.9. The van der Waals surface area contributed by atoms with Crippen molar-refractivity contribution in [2.75, 3.05) is 5.75 Å². The smallest absolute Gasteiger partial charge is 0.304 e. The van der Waals surface area contributed by atoms with E-state index in [-0.39, 0.29) is 28.4 Å². The van der Waals surface area contributed by atoms with E-state index in [4.69, 9.17) is 4.74 Å². The Balaban J connectivity index is 2.60. The molecule has 0 aliphatic rings. The number of ether oxygens (including phenoxy) is 1. The van der Waals surface area contributed by atoms with Crippen LogP contribution >= 0.6 is 0 Å². The molecule has 2 aromatic rings. The van der Waals surface area contributed by atoms with Gasteiger partial charge in [0.05, 0.1) is 5.75 Å². The highest BCUT2D eigenvalue weighted by Gasteiger charge is 2.23. The molecule has 148 valence electrons. The van der Waals surface area contributed by atoms with Crippen molar-refractivity contribution in [1.82, 2.24) is 4.57 Å². The van der Waals surface area contributed by atoms with Crippen molar-refractivity contribution in [1.29, 1.82) is 0 Å². The second kappa shape index (κ2) is 8.16. The maximum Gasteiger partial charge on any atom is 0.304 e. The molecule has 0 aliphatic carbocycles. The van der Waals surface area contributed by atoms with Gasteiger partial charge in [0.25, 0.3) is 11.9 Å². The van der Waals surface area contributed by atoms with Gasteiger partial charge in [-0.25, -0.2) is 17.2 Å². The first-order valence-electron chi connectivity index (χ1n) is 8.14. The lowest BCUT2D eigenvalue weighted by Crippen LogP contribution is -2.20.